The fraction of sp³-hybridized carbons (Fsp3) is 0.591. The average molecular weight is 401 g/mol. The van der Waals surface area contributed by atoms with Crippen LogP contribution in [0.4, 0.5) is 0 Å². The van der Waals surface area contributed by atoms with Gasteiger partial charge in [-0.1, -0.05) is 24.3 Å². The van der Waals surface area contributed by atoms with Gasteiger partial charge in [-0.15, -0.1) is 0 Å². The molecule has 0 saturated carbocycles. The molecule has 7 nitrogen and oxygen atoms in total. The third kappa shape index (κ3) is 5.49. The Morgan fingerprint density at radius 2 is 1.93 bits per heavy atom. The Hall–Kier alpha value is -2.57. The predicted molar refractivity (Wildman–Crippen MR) is 112 cm³/mol. The second kappa shape index (κ2) is 10.3. The Kier molecular flexibility index (Phi) is 7.49. The Morgan fingerprint density at radius 3 is 2.55 bits per heavy atom. The second-order valence-electron chi connectivity index (χ2n) is 7.64. The lowest BCUT2D eigenvalue weighted by Gasteiger charge is -2.33. The molecule has 2 saturated heterocycles. The molecule has 3 rings (SSSR count). The number of aliphatic imine (C=N–C) groups is 1. The molecule has 1 amide bonds. The minimum Gasteiger partial charge on any atom is -0.469 e. The van der Waals surface area contributed by atoms with Crippen LogP contribution in [0.1, 0.15) is 43.7 Å². The summed E-state index contributed by atoms with van der Waals surface area (Å²) in [5.74, 6) is 0.989. The lowest BCUT2D eigenvalue weighted by molar-refractivity contribution is -0.146. The number of guanidine groups is 1. The van der Waals surface area contributed by atoms with Gasteiger partial charge in [0.2, 0.25) is 5.91 Å². The van der Waals surface area contributed by atoms with Crippen molar-refractivity contribution in [1.29, 1.82) is 0 Å². The van der Waals surface area contributed by atoms with Gasteiger partial charge in [0.15, 0.2) is 5.96 Å². The number of ether oxygens (including phenoxy) is 1. The van der Waals surface area contributed by atoms with Crippen LogP contribution in [0.15, 0.2) is 29.3 Å². The molecule has 0 aliphatic carbocycles. The molecule has 0 bridgehead atoms. The van der Waals surface area contributed by atoms with Crippen molar-refractivity contribution in [3.63, 3.8) is 0 Å². The van der Waals surface area contributed by atoms with Crippen LogP contribution in [0.5, 0.6) is 0 Å². The van der Waals surface area contributed by atoms with E-state index in [2.05, 4.69) is 29.3 Å². The lowest BCUT2D eigenvalue weighted by atomic mass is 9.97. The highest BCUT2D eigenvalue weighted by Gasteiger charge is 2.27. The average Bonchev–Trinajstić information content (AvgIpc) is 3.16. The van der Waals surface area contributed by atoms with Crippen LogP contribution in [0.2, 0.25) is 0 Å². The first-order valence-electron chi connectivity index (χ1n) is 10.6. The van der Waals surface area contributed by atoms with Crippen molar-refractivity contribution >= 4 is 17.8 Å². The summed E-state index contributed by atoms with van der Waals surface area (Å²) >= 11 is 0. The van der Waals surface area contributed by atoms with Crippen molar-refractivity contribution < 1.29 is 14.3 Å². The van der Waals surface area contributed by atoms with Gasteiger partial charge in [-0.05, 0) is 37.3 Å². The number of piperidine rings is 1. The Balaban J connectivity index is 1.66. The molecule has 29 heavy (non-hydrogen) atoms. The zero-order valence-corrected chi connectivity index (χ0v) is 17.5. The van der Waals surface area contributed by atoms with Crippen LogP contribution in [-0.4, -0.2) is 60.9 Å². The first kappa shape index (κ1) is 21.1. The second-order valence-corrected chi connectivity index (χ2v) is 7.64. The van der Waals surface area contributed by atoms with E-state index in [4.69, 9.17) is 9.73 Å². The van der Waals surface area contributed by atoms with E-state index in [0.717, 1.165) is 62.5 Å². The van der Waals surface area contributed by atoms with Crippen LogP contribution in [0.3, 0.4) is 0 Å². The zero-order chi connectivity index (χ0) is 20.6. The van der Waals surface area contributed by atoms with Crippen molar-refractivity contribution in [2.75, 3.05) is 33.3 Å². The number of rotatable bonds is 6. The van der Waals surface area contributed by atoms with Crippen molar-refractivity contribution in [2.24, 2.45) is 10.9 Å². The number of benzene rings is 1. The van der Waals surface area contributed by atoms with Gasteiger partial charge in [-0.25, -0.2) is 4.99 Å². The van der Waals surface area contributed by atoms with Crippen molar-refractivity contribution in [1.82, 2.24) is 15.1 Å². The first-order valence-corrected chi connectivity index (χ1v) is 10.6. The number of hydrogen-bond donors (Lipinski definition) is 1. The molecule has 1 aromatic rings. The number of nitrogens with zero attached hydrogens (tertiary/aromatic N) is 3. The number of carbonyl (C=O) groups excluding carboxylic acids is 2. The van der Waals surface area contributed by atoms with Gasteiger partial charge in [0, 0.05) is 39.1 Å². The molecule has 7 heteroatoms. The number of nitrogens with one attached hydrogen (secondary N) is 1. The summed E-state index contributed by atoms with van der Waals surface area (Å²) in [4.78, 5) is 32.8. The smallest absolute Gasteiger partial charge is 0.308 e. The fourth-order valence-electron chi connectivity index (χ4n) is 4.02. The highest BCUT2D eigenvalue weighted by molar-refractivity contribution is 5.80. The van der Waals surface area contributed by atoms with Crippen LogP contribution in [-0.2, 0) is 27.4 Å². The number of methoxy groups -OCH3 is 1. The number of likely N-dealkylation sites (tertiary alicyclic amines) is 2. The summed E-state index contributed by atoms with van der Waals surface area (Å²) < 4.78 is 4.88. The fourth-order valence-corrected chi connectivity index (χ4v) is 4.02. The van der Waals surface area contributed by atoms with Gasteiger partial charge in [-0.3, -0.25) is 9.59 Å². The Labute approximate surface area is 173 Å². The largest absolute Gasteiger partial charge is 0.469 e. The van der Waals surface area contributed by atoms with E-state index in [1.165, 1.54) is 7.11 Å². The van der Waals surface area contributed by atoms with E-state index >= 15 is 0 Å². The van der Waals surface area contributed by atoms with Gasteiger partial charge in [-0.2, -0.15) is 0 Å². The van der Waals surface area contributed by atoms with E-state index in [1.54, 1.807) is 0 Å². The molecule has 2 heterocycles. The number of esters is 1. The molecular formula is C22H32N4O3. The molecule has 1 N–H and O–H groups in total. The third-order valence-corrected chi connectivity index (χ3v) is 5.71. The van der Waals surface area contributed by atoms with Crippen LogP contribution in [0, 0.1) is 5.92 Å². The summed E-state index contributed by atoms with van der Waals surface area (Å²) in [7, 11) is 1.45. The summed E-state index contributed by atoms with van der Waals surface area (Å²) in [6.07, 6.45) is 3.17. The van der Waals surface area contributed by atoms with Crippen LogP contribution < -0.4 is 5.32 Å². The monoisotopic (exact) mass is 400 g/mol. The van der Waals surface area contributed by atoms with E-state index < -0.39 is 0 Å². The summed E-state index contributed by atoms with van der Waals surface area (Å²) in [6.45, 7) is 6.49. The summed E-state index contributed by atoms with van der Waals surface area (Å²) in [6, 6.07) is 8.22. The molecular weight excluding hydrogens is 368 g/mol. The Morgan fingerprint density at radius 1 is 1.21 bits per heavy atom. The molecule has 0 radical (unpaired) electrons. The molecule has 2 aliphatic rings. The number of hydrogen-bond acceptors (Lipinski definition) is 4. The van der Waals surface area contributed by atoms with Crippen molar-refractivity contribution in [3.05, 3.63) is 35.4 Å². The van der Waals surface area contributed by atoms with Gasteiger partial charge in [0.1, 0.15) is 0 Å². The molecule has 158 valence electrons. The van der Waals surface area contributed by atoms with E-state index in [9.17, 15) is 9.59 Å². The zero-order valence-electron chi connectivity index (χ0n) is 17.5. The van der Waals surface area contributed by atoms with Crippen LogP contribution in [0.25, 0.3) is 0 Å². The van der Waals surface area contributed by atoms with Gasteiger partial charge < -0.3 is 19.9 Å². The highest BCUT2D eigenvalue weighted by atomic mass is 16.5. The predicted octanol–water partition coefficient (Wildman–Crippen LogP) is 2.16. The van der Waals surface area contributed by atoms with Crippen LogP contribution >= 0.6 is 0 Å². The summed E-state index contributed by atoms with van der Waals surface area (Å²) in [5, 5.41) is 3.38. The molecule has 0 spiro atoms. The number of carbonyl (C=O) groups is 2. The lowest BCUT2D eigenvalue weighted by Crippen LogP contribution is -2.46. The molecule has 2 aliphatic heterocycles. The molecule has 0 aromatic heterocycles. The maximum Gasteiger partial charge on any atom is 0.308 e. The van der Waals surface area contributed by atoms with E-state index in [1.807, 2.05) is 17.0 Å². The standard InChI is InChI=1S/C22H32N4O3/c1-3-23-22(25-13-10-17(11-14-25)21(28)29-2)24-15-18-7-4-5-8-19(18)16-26-12-6-9-20(26)27/h4-5,7-8,17H,3,6,9-16H2,1-2H3,(H,23,24). The number of amides is 1. The topological polar surface area (TPSA) is 74.2 Å². The molecule has 0 unspecified atom stereocenters. The van der Waals surface area contributed by atoms with E-state index in [-0.39, 0.29) is 17.8 Å². The minimum absolute atomic E-state index is 0.0159. The maximum absolute atomic E-state index is 12.0. The van der Waals surface area contributed by atoms with Gasteiger partial charge in [0.05, 0.1) is 19.6 Å². The van der Waals surface area contributed by atoms with Gasteiger partial charge >= 0.3 is 5.97 Å². The highest BCUT2D eigenvalue weighted by Crippen LogP contribution is 2.20. The molecule has 1 aromatic carbocycles. The van der Waals surface area contributed by atoms with Gasteiger partial charge in [0.25, 0.3) is 0 Å². The SMILES string of the molecule is CCNC(=NCc1ccccc1CN1CCCC1=O)N1CCC(C(=O)OC)CC1. The minimum atomic E-state index is -0.114. The Bertz CT molecular complexity index is 741. The quantitative estimate of drug-likeness (QED) is 0.450. The van der Waals surface area contributed by atoms with Crippen molar-refractivity contribution in [2.45, 2.75) is 45.7 Å². The molecule has 0 atom stereocenters. The van der Waals surface area contributed by atoms with Crippen molar-refractivity contribution in [3.8, 4) is 0 Å². The normalized spacial score (nSPS) is 18.3. The third-order valence-electron chi connectivity index (χ3n) is 5.71. The van der Waals surface area contributed by atoms with E-state index in [0.29, 0.717) is 19.5 Å². The molecule has 2 fully saturated rings. The first-order chi connectivity index (χ1) is 14.1. The summed E-state index contributed by atoms with van der Waals surface area (Å²) in [5.41, 5.74) is 2.30. The maximum atomic E-state index is 12.0.